The molecule has 1 heterocycles. The molecule has 6 heteroatoms. The van der Waals surface area contributed by atoms with Crippen molar-refractivity contribution in [3.8, 4) is 0 Å². The summed E-state index contributed by atoms with van der Waals surface area (Å²) in [7, 11) is 0. The SMILES string of the molecule is CCCN(CCCCN1CCNCCC1=O)C1CCc2ccc(NC(=O)C(C)(C)C)cc2C1. The Morgan fingerprint density at radius 2 is 1.97 bits per heavy atom. The number of carbonyl (C=O) groups is 2. The number of hydrogen-bond donors (Lipinski definition) is 2. The minimum absolute atomic E-state index is 0.0566. The van der Waals surface area contributed by atoms with Crippen molar-refractivity contribution in [2.75, 3.05) is 44.6 Å². The topological polar surface area (TPSA) is 64.7 Å². The van der Waals surface area contributed by atoms with E-state index in [1.165, 1.54) is 17.5 Å². The van der Waals surface area contributed by atoms with Crippen LogP contribution in [0.4, 0.5) is 5.69 Å². The van der Waals surface area contributed by atoms with Crippen molar-refractivity contribution in [1.29, 1.82) is 0 Å². The highest BCUT2D eigenvalue weighted by Crippen LogP contribution is 2.28. The van der Waals surface area contributed by atoms with Crippen LogP contribution in [0.25, 0.3) is 0 Å². The maximum Gasteiger partial charge on any atom is 0.229 e. The average molecular weight is 457 g/mol. The van der Waals surface area contributed by atoms with Crippen LogP contribution in [0.5, 0.6) is 0 Å². The fourth-order valence-electron chi connectivity index (χ4n) is 4.88. The smallest absolute Gasteiger partial charge is 0.229 e. The van der Waals surface area contributed by atoms with Gasteiger partial charge in [0.2, 0.25) is 11.8 Å². The van der Waals surface area contributed by atoms with Crippen LogP contribution in [-0.4, -0.2) is 66.9 Å². The van der Waals surface area contributed by atoms with Gasteiger partial charge in [-0.05, 0) is 74.9 Å². The van der Waals surface area contributed by atoms with Crippen molar-refractivity contribution < 1.29 is 9.59 Å². The molecule has 1 aromatic rings. The number of benzene rings is 1. The van der Waals surface area contributed by atoms with E-state index in [0.29, 0.717) is 18.4 Å². The molecule has 1 saturated heterocycles. The molecule has 2 N–H and O–H groups in total. The predicted octanol–water partition coefficient (Wildman–Crippen LogP) is 3.84. The Hall–Kier alpha value is -1.92. The number of fused-ring (bicyclic) bond motifs is 1. The van der Waals surface area contributed by atoms with Crippen molar-refractivity contribution in [1.82, 2.24) is 15.1 Å². The van der Waals surface area contributed by atoms with Crippen LogP contribution in [-0.2, 0) is 22.4 Å². The van der Waals surface area contributed by atoms with Crippen molar-refractivity contribution in [3.63, 3.8) is 0 Å². The molecule has 1 unspecified atom stereocenters. The normalized spacial score (nSPS) is 19.4. The van der Waals surface area contributed by atoms with Crippen molar-refractivity contribution >= 4 is 17.5 Å². The number of unbranched alkanes of at least 4 members (excludes halogenated alkanes) is 1. The number of anilines is 1. The van der Waals surface area contributed by atoms with E-state index < -0.39 is 5.41 Å². The largest absolute Gasteiger partial charge is 0.341 e. The summed E-state index contributed by atoms with van der Waals surface area (Å²) in [4.78, 5) is 29.3. The lowest BCUT2D eigenvalue weighted by Crippen LogP contribution is -2.41. The van der Waals surface area contributed by atoms with Crippen LogP contribution in [0.15, 0.2) is 18.2 Å². The number of rotatable bonds is 9. The number of nitrogens with zero attached hydrogens (tertiary/aromatic N) is 2. The van der Waals surface area contributed by atoms with E-state index in [4.69, 9.17) is 0 Å². The zero-order chi connectivity index (χ0) is 23.8. The lowest BCUT2D eigenvalue weighted by Gasteiger charge is -2.35. The third-order valence-corrected chi connectivity index (χ3v) is 6.93. The van der Waals surface area contributed by atoms with Gasteiger partial charge in [-0.15, -0.1) is 0 Å². The summed E-state index contributed by atoms with van der Waals surface area (Å²) in [6, 6.07) is 6.98. The Bertz CT molecular complexity index is 802. The molecule has 2 aliphatic rings. The molecule has 0 bridgehead atoms. The van der Waals surface area contributed by atoms with Gasteiger partial charge in [-0.25, -0.2) is 0 Å². The van der Waals surface area contributed by atoms with Crippen LogP contribution in [0.1, 0.15) is 70.9 Å². The Morgan fingerprint density at radius 1 is 1.15 bits per heavy atom. The standard InChI is InChI=1S/C27H44N4O2/c1-5-15-30(16-6-7-17-31-18-14-28-13-12-25(31)32)24-11-9-21-8-10-23(19-22(21)20-24)29-26(33)27(2,3)4/h8,10,19,24,28H,5-7,9,11-18,20H2,1-4H3,(H,29,33). The summed E-state index contributed by atoms with van der Waals surface area (Å²) >= 11 is 0. The van der Waals surface area contributed by atoms with Crippen LogP contribution < -0.4 is 10.6 Å². The van der Waals surface area contributed by atoms with E-state index in [1.54, 1.807) is 0 Å². The van der Waals surface area contributed by atoms with Gasteiger partial charge in [0.05, 0.1) is 0 Å². The zero-order valence-electron chi connectivity index (χ0n) is 21.2. The third kappa shape index (κ3) is 7.54. The molecule has 1 aliphatic heterocycles. The molecule has 0 spiro atoms. The number of aryl methyl sites for hydroxylation is 1. The van der Waals surface area contributed by atoms with Gasteiger partial charge in [-0.2, -0.15) is 0 Å². The Balaban J connectivity index is 1.54. The minimum atomic E-state index is -0.398. The molecule has 1 aliphatic carbocycles. The first kappa shape index (κ1) is 25.7. The van der Waals surface area contributed by atoms with Gasteiger partial charge in [-0.1, -0.05) is 33.8 Å². The Kier molecular flexibility index (Phi) is 9.33. The second-order valence-corrected chi connectivity index (χ2v) is 10.7. The van der Waals surface area contributed by atoms with Gasteiger partial charge < -0.3 is 20.4 Å². The lowest BCUT2D eigenvalue weighted by molar-refractivity contribution is -0.130. The number of amides is 2. The summed E-state index contributed by atoms with van der Waals surface area (Å²) in [5.41, 5.74) is 3.31. The quantitative estimate of drug-likeness (QED) is 0.554. The second kappa shape index (κ2) is 12.0. The first-order valence-corrected chi connectivity index (χ1v) is 12.9. The Labute approximate surface area is 200 Å². The molecule has 0 saturated carbocycles. The van der Waals surface area contributed by atoms with E-state index in [2.05, 4.69) is 34.6 Å². The lowest BCUT2D eigenvalue weighted by atomic mass is 9.86. The van der Waals surface area contributed by atoms with E-state index in [1.807, 2.05) is 31.7 Å². The summed E-state index contributed by atoms with van der Waals surface area (Å²) in [5.74, 6) is 0.352. The van der Waals surface area contributed by atoms with Crippen LogP contribution >= 0.6 is 0 Å². The van der Waals surface area contributed by atoms with E-state index >= 15 is 0 Å². The maximum absolute atomic E-state index is 12.4. The van der Waals surface area contributed by atoms with Crippen LogP contribution in [0.2, 0.25) is 0 Å². The second-order valence-electron chi connectivity index (χ2n) is 10.7. The molecule has 1 aromatic carbocycles. The number of nitrogens with one attached hydrogen (secondary N) is 2. The number of carbonyl (C=O) groups excluding carboxylic acids is 2. The molecule has 6 nitrogen and oxygen atoms in total. The molecular weight excluding hydrogens is 412 g/mol. The molecule has 1 atom stereocenters. The molecule has 3 rings (SSSR count). The molecule has 33 heavy (non-hydrogen) atoms. The first-order chi connectivity index (χ1) is 15.8. The Morgan fingerprint density at radius 3 is 2.73 bits per heavy atom. The molecule has 0 aromatic heterocycles. The zero-order valence-corrected chi connectivity index (χ0v) is 21.2. The fourth-order valence-corrected chi connectivity index (χ4v) is 4.88. The molecule has 184 valence electrons. The number of hydrogen-bond acceptors (Lipinski definition) is 4. The van der Waals surface area contributed by atoms with Gasteiger partial charge in [-0.3, -0.25) is 9.59 Å². The predicted molar refractivity (Wildman–Crippen MR) is 136 cm³/mol. The summed E-state index contributed by atoms with van der Waals surface area (Å²) in [5, 5.41) is 6.40. The average Bonchev–Trinajstić information content (AvgIpc) is 2.98. The van der Waals surface area contributed by atoms with E-state index in [0.717, 1.165) is 77.1 Å². The first-order valence-electron chi connectivity index (χ1n) is 12.9. The molecule has 2 amide bonds. The monoisotopic (exact) mass is 456 g/mol. The van der Waals surface area contributed by atoms with Crippen LogP contribution in [0.3, 0.4) is 0 Å². The fraction of sp³-hybridized carbons (Fsp3) is 0.704. The minimum Gasteiger partial charge on any atom is -0.341 e. The van der Waals surface area contributed by atoms with Crippen LogP contribution in [0, 0.1) is 5.41 Å². The van der Waals surface area contributed by atoms with Crippen molar-refractivity contribution in [2.45, 2.75) is 78.7 Å². The highest BCUT2D eigenvalue weighted by Gasteiger charge is 2.25. The van der Waals surface area contributed by atoms with Gasteiger partial charge in [0.25, 0.3) is 0 Å². The van der Waals surface area contributed by atoms with Gasteiger partial charge in [0.1, 0.15) is 0 Å². The van der Waals surface area contributed by atoms with Crippen molar-refractivity contribution in [2.24, 2.45) is 5.41 Å². The molecule has 1 fully saturated rings. The summed E-state index contributed by atoms with van der Waals surface area (Å²) in [6.07, 6.45) is 7.31. The maximum atomic E-state index is 12.4. The van der Waals surface area contributed by atoms with E-state index in [-0.39, 0.29) is 5.91 Å². The molecule has 0 radical (unpaired) electrons. The summed E-state index contributed by atoms with van der Waals surface area (Å²) < 4.78 is 0. The summed E-state index contributed by atoms with van der Waals surface area (Å²) in [6.45, 7) is 13.7. The molecular formula is C27H44N4O2. The van der Waals surface area contributed by atoms with Crippen molar-refractivity contribution in [3.05, 3.63) is 29.3 Å². The highest BCUT2D eigenvalue weighted by atomic mass is 16.2. The van der Waals surface area contributed by atoms with Gasteiger partial charge in [0, 0.05) is 49.7 Å². The third-order valence-electron chi connectivity index (χ3n) is 6.93. The van der Waals surface area contributed by atoms with Gasteiger partial charge in [0.15, 0.2) is 0 Å². The highest BCUT2D eigenvalue weighted by molar-refractivity contribution is 5.94. The van der Waals surface area contributed by atoms with Gasteiger partial charge >= 0.3 is 0 Å². The van der Waals surface area contributed by atoms with E-state index in [9.17, 15) is 9.59 Å².